The van der Waals surface area contributed by atoms with Gasteiger partial charge in [-0.2, -0.15) is 0 Å². The van der Waals surface area contributed by atoms with Crippen molar-refractivity contribution in [2.45, 2.75) is 78.2 Å². The molecule has 7 nitrogen and oxygen atoms in total. The standard InChI is InChI=1S/C15H28N4O3/c1-7-15(6,21)8-12-10-19(18-17-12)9-11(2)16-13(20)22-14(3,4)5/h10-11,21H,7-9H2,1-6H3,(H,16,20). The fraction of sp³-hybridized carbons (Fsp3) is 0.800. The molecule has 0 radical (unpaired) electrons. The van der Waals surface area contributed by atoms with Gasteiger partial charge in [-0.1, -0.05) is 12.1 Å². The van der Waals surface area contributed by atoms with Crippen molar-refractivity contribution in [3.05, 3.63) is 11.9 Å². The van der Waals surface area contributed by atoms with Crippen LogP contribution in [-0.2, 0) is 17.7 Å². The molecule has 0 aliphatic rings. The molecule has 0 saturated carbocycles. The summed E-state index contributed by atoms with van der Waals surface area (Å²) in [6, 6.07) is -0.143. The molecule has 7 heteroatoms. The number of rotatable bonds is 6. The minimum Gasteiger partial charge on any atom is -0.444 e. The van der Waals surface area contributed by atoms with Crippen molar-refractivity contribution in [3.63, 3.8) is 0 Å². The van der Waals surface area contributed by atoms with Gasteiger partial charge < -0.3 is 15.2 Å². The largest absolute Gasteiger partial charge is 0.444 e. The average Bonchev–Trinajstić information content (AvgIpc) is 2.72. The lowest BCUT2D eigenvalue weighted by Crippen LogP contribution is -2.39. The van der Waals surface area contributed by atoms with Crippen LogP contribution in [0, 0.1) is 0 Å². The van der Waals surface area contributed by atoms with Crippen LogP contribution in [0.2, 0.25) is 0 Å². The monoisotopic (exact) mass is 312 g/mol. The molecule has 2 atom stereocenters. The molecular weight excluding hydrogens is 284 g/mol. The highest BCUT2D eigenvalue weighted by atomic mass is 16.6. The lowest BCUT2D eigenvalue weighted by molar-refractivity contribution is 0.0502. The Kier molecular flexibility index (Phi) is 5.93. The Bertz CT molecular complexity index is 491. The summed E-state index contributed by atoms with van der Waals surface area (Å²) in [7, 11) is 0. The maximum atomic E-state index is 11.7. The van der Waals surface area contributed by atoms with Gasteiger partial charge in [0.25, 0.3) is 0 Å². The van der Waals surface area contributed by atoms with E-state index in [2.05, 4.69) is 15.6 Å². The van der Waals surface area contributed by atoms with E-state index in [0.29, 0.717) is 19.4 Å². The van der Waals surface area contributed by atoms with Crippen molar-refractivity contribution in [3.8, 4) is 0 Å². The minimum atomic E-state index is -0.777. The van der Waals surface area contributed by atoms with E-state index in [1.807, 2.05) is 34.6 Å². The van der Waals surface area contributed by atoms with Gasteiger partial charge in [-0.05, 0) is 41.0 Å². The second-order valence-corrected chi connectivity index (χ2v) is 7.01. The molecule has 0 fully saturated rings. The molecule has 1 aromatic heterocycles. The molecule has 1 rings (SSSR count). The molecule has 1 amide bonds. The Morgan fingerprint density at radius 3 is 2.64 bits per heavy atom. The highest BCUT2D eigenvalue weighted by Crippen LogP contribution is 2.14. The fourth-order valence-corrected chi connectivity index (χ4v) is 1.86. The molecule has 0 saturated heterocycles. The Labute approximate surface area is 132 Å². The quantitative estimate of drug-likeness (QED) is 0.837. The lowest BCUT2D eigenvalue weighted by Gasteiger charge is -2.21. The topological polar surface area (TPSA) is 89.3 Å². The van der Waals surface area contributed by atoms with E-state index in [0.717, 1.165) is 5.69 Å². The number of amides is 1. The third kappa shape index (κ3) is 6.89. The van der Waals surface area contributed by atoms with Crippen LogP contribution in [0.15, 0.2) is 6.20 Å². The van der Waals surface area contributed by atoms with E-state index in [1.54, 1.807) is 17.8 Å². The van der Waals surface area contributed by atoms with Gasteiger partial charge in [0.05, 0.1) is 17.8 Å². The first-order chi connectivity index (χ1) is 10.0. The minimum absolute atomic E-state index is 0.143. The van der Waals surface area contributed by atoms with E-state index in [9.17, 15) is 9.90 Å². The van der Waals surface area contributed by atoms with Gasteiger partial charge in [-0.3, -0.25) is 4.68 Å². The van der Waals surface area contributed by atoms with Gasteiger partial charge in [-0.25, -0.2) is 4.79 Å². The van der Waals surface area contributed by atoms with E-state index >= 15 is 0 Å². The molecule has 126 valence electrons. The maximum Gasteiger partial charge on any atom is 0.407 e. The third-order valence-corrected chi connectivity index (χ3v) is 3.13. The number of hydrogen-bond acceptors (Lipinski definition) is 5. The Morgan fingerprint density at radius 2 is 2.09 bits per heavy atom. The van der Waals surface area contributed by atoms with Crippen LogP contribution in [0.5, 0.6) is 0 Å². The van der Waals surface area contributed by atoms with Crippen LogP contribution in [-0.4, -0.2) is 43.4 Å². The first kappa shape index (κ1) is 18.4. The van der Waals surface area contributed by atoms with Crippen molar-refractivity contribution < 1.29 is 14.6 Å². The number of carbonyl (C=O) groups is 1. The molecule has 0 aliphatic heterocycles. The van der Waals surface area contributed by atoms with Gasteiger partial charge in [0.15, 0.2) is 0 Å². The van der Waals surface area contributed by atoms with Crippen molar-refractivity contribution in [2.75, 3.05) is 0 Å². The Balaban J connectivity index is 2.50. The van der Waals surface area contributed by atoms with Gasteiger partial charge in [0.2, 0.25) is 0 Å². The summed E-state index contributed by atoms with van der Waals surface area (Å²) in [5.74, 6) is 0. The predicted octanol–water partition coefficient (Wildman–Crippen LogP) is 1.89. The first-order valence-corrected chi connectivity index (χ1v) is 7.61. The van der Waals surface area contributed by atoms with Crippen LogP contribution in [0.1, 0.15) is 53.7 Å². The zero-order valence-corrected chi connectivity index (χ0v) is 14.4. The summed E-state index contributed by atoms with van der Waals surface area (Å²) >= 11 is 0. The molecule has 0 aliphatic carbocycles. The predicted molar refractivity (Wildman–Crippen MR) is 83.5 cm³/mol. The second-order valence-electron chi connectivity index (χ2n) is 7.01. The molecule has 1 aromatic rings. The maximum absolute atomic E-state index is 11.7. The Hall–Kier alpha value is -1.63. The summed E-state index contributed by atoms with van der Waals surface area (Å²) in [6.45, 7) is 11.5. The number of ether oxygens (including phenoxy) is 1. The van der Waals surface area contributed by atoms with E-state index in [-0.39, 0.29) is 6.04 Å². The van der Waals surface area contributed by atoms with Crippen LogP contribution in [0.3, 0.4) is 0 Å². The number of hydrogen-bond donors (Lipinski definition) is 2. The van der Waals surface area contributed by atoms with Crippen LogP contribution < -0.4 is 5.32 Å². The molecule has 0 spiro atoms. The van der Waals surface area contributed by atoms with Gasteiger partial charge in [-0.15, -0.1) is 5.10 Å². The van der Waals surface area contributed by atoms with Crippen LogP contribution >= 0.6 is 0 Å². The smallest absolute Gasteiger partial charge is 0.407 e. The second kappa shape index (κ2) is 7.09. The summed E-state index contributed by atoms with van der Waals surface area (Å²) in [5.41, 5.74) is -0.562. The van der Waals surface area contributed by atoms with Crippen molar-refractivity contribution >= 4 is 6.09 Å². The summed E-state index contributed by atoms with van der Waals surface area (Å²) < 4.78 is 6.86. The van der Waals surface area contributed by atoms with Gasteiger partial charge in [0, 0.05) is 18.7 Å². The average molecular weight is 312 g/mol. The number of nitrogens with zero attached hydrogens (tertiary/aromatic N) is 3. The van der Waals surface area contributed by atoms with Gasteiger partial charge >= 0.3 is 6.09 Å². The number of carbonyl (C=O) groups excluding carboxylic acids is 1. The summed E-state index contributed by atoms with van der Waals surface area (Å²) in [6.07, 6.45) is 2.44. The number of aliphatic hydroxyl groups is 1. The van der Waals surface area contributed by atoms with E-state index < -0.39 is 17.3 Å². The van der Waals surface area contributed by atoms with E-state index in [1.165, 1.54) is 0 Å². The highest BCUT2D eigenvalue weighted by molar-refractivity contribution is 5.67. The molecule has 22 heavy (non-hydrogen) atoms. The van der Waals surface area contributed by atoms with Crippen molar-refractivity contribution in [1.82, 2.24) is 20.3 Å². The van der Waals surface area contributed by atoms with Crippen LogP contribution in [0.4, 0.5) is 4.79 Å². The fourth-order valence-electron chi connectivity index (χ4n) is 1.86. The molecule has 0 aromatic carbocycles. The van der Waals surface area contributed by atoms with E-state index in [4.69, 9.17) is 4.74 Å². The molecule has 1 heterocycles. The molecule has 2 N–H and O–H groups in total. The lowest BCUT2D eigenvalue weighted by atomic mass is 9.98. The highest BCUT2D eigenvalue weighted by Gasteiger charge is 2.21. The van der Waals surface area contributed by atoms with Crippen molar-refractivity contribution in [2.24, 2.45) is 0 Å². The zero-order valence-electron chi connectivity index (χ0n) is 14.4. The summed E-state index contributed by atoms with van der Waals surface area (Å²) in [4.78, 5) is 11.7. The number of aromatic nitrogens is 3. The zero-order chi connectivity index (χ0) is 17.0. The van der Waals surface area contributed by atoms with Gasteiger partial charge in [0.1, 0.15) is 5.60 Å². The first-order valence-electron chi connectivity index (χ1n) is 7.61. The number of alkyl carbamates (subject to hydrolysis) is 1. The normalized spacial score (nSPS) is 16.0. The van der Waals surface area contributed by atoms with Crippen LogP contribution in [0.25, 0.3) is 0 Å². The van der Waals surface area contributed by atoms with Crippen molar-refractivity contribution in [1.29, 1.82) is 0 Å². The Morgan fingerprint density at radius 1 is 1.45 bits per heavy atom. The SMILES string of the molecule is CCC(C)(O)Cc1cn(CC(C)NC(=O)OC(C)(C)C)nn1. The third-order valence-electron chi connectivity index (χ3n) is 3.13. The molecule has 2 unspecified atom stereocenters. The summed E-state index contributed by atoms with van der Waals surface area (Å²) in [5, 5.41) is 20.9. The number of nitrogens with one attached hydrogen (secondary N) is 1. The molecular formula is C15H28N4O3. The molecule has 0 bridgehead atoms.